The van der Waals surface area contributed by atoms with Crippen molar-refractivity contribution in [3.05, 3.63) is 30.0 Å². The lowest BCUT2D eigenvalue weighted by Crippen LogP contribution is -2.31. The van der Waals surface area contributed by atoms with E-state index >= 15 is 0 Å². The van der Waals surface area contributed by atoms with Crippen LogP contribution in [0.4, 0.5) is 0 Å². The molecule has 0 aliphatic rings. The molecule has 4 nitrogen and oxygen atoms in total. The summed E-state index contributed by atoms with van der Waals surface area (Å²) in [6.07, 6.45) is 5.19. The van der Waals surface area contributed by atoms with Crippen molar-refractivity contribution in [2.24, 2.45) is 0 Å². The molecule has 0 saturated carbocycles. The van der Waals surface area contributed by atoms with E-state index in [4.69, 9.17) is 6.42 Å². The number of rotatable bonds is 2. The lowest BCUT2D eigenvalue weighted by Gasteiger charge is -2.05. The number of para-hydroxylation sites is 1. The number of aromatic nitrogens is 2. The van der Waals surface area contributed by atoms with Crippen molar-refractivity contribution in [2.45, 2.75) is 13.0 Å². The third-order valence-electron chi connectivity index (χ3n) is 2.28. The van der Waals surface area contributed by atoms with Crippen molar-refractivity contribution in [1.82, 2.24) is 15.5 Å². The first kappa shape index (κ1) is 10.2. The molecule has 4 heteroatoms. The van der Waals surface area contributed by atoms with Crippen molar-refractivity contribution < 1.29 is 4.79 Å². The number of carbonyl (C=O) groups is 1. The van der Waals surface area contributed by atoms with Crippen molar-refractivity contribution in [1.29, 1.82) is 0 Å². The van der Waals surface area contributed by atoms with E-state index < -0.39 is 0 Å². The lowest BCUT2D eigenvalue weighted by atomic mass is 10.2. The first-order valence-electron chi connectivity index (χ1n) is 4.92. The second kappa shape index (κ2) is 4.07. The molecule has 1 aromatic carbocycles. The summed E-state index contributed by atoms with van der Waals surface area (Å²) in [5.74, 6) is 2.17. The molecular formula is C12H11N3O. The Kier molecular flexibility index (Phi) is 2.61. The first-order valence-corrected chi connectivity index (χ1v) is 4.92. The van der Waals surface area contributed by atoms with Crippen LogP contribution in [0.1, 0.15) is 17.4 Å². The number of fused-ring (bicyclic) bond motifs is 1. The molecule has 2 N–H and O–H groups in total. The number of terminal acetylenes is 1. The summed E-state index contributed by atoms with van der Waals surface area (Å²) in [5.41, 5.74) is 1.21. The molecule has 80 valence electrons. The normalized spacial score (nSPS) is 12.0. The van der Waals surface area contributed by atoms with E-state index in [1.165, 1.54) is 0 Å². The maximum Gasteiger partial charge on any atom is 0.273 e. The van der Waals surface area contributed by atoms with Gasteiger partial charge in [-0.2, -0.15) is 5.10 Å². The van der Waals surface area contributed by atoms with Crippen LogP contribution < -0.4 is 5.32 Å². The fourth-order valence-electron chi connectivity index (χ4n) is 1.44. The largest absolute Gasteiger partial charge is 0.337 e. The highest BCUT2D eigenvalue weighted by molar-refractivity contribution is 6.04. The monoisotopic (exact) mass is 213 g/mol. The van der Waals surface area contributed by atoms with Crippen LogP contribution in [0.25, 0.3) is 10.9 Å². The van der Waals surface area contributed by atoms with Gasteiger partial charge < -0.3 is 5.32 Å². The van der Waals surface area contributed by atoms with Gasteiger partial charge in [-0.05, 0) is 13.0 Å². The number of amides is 1. The van der Waals surface area contributed by atoms with Crippen LogP contribution in [0.15, 0.2) is 24.3 Å². The smallest absolute Gasteiger partial charge is 0.273 e. The van der Waals surface area contributed by atoms with Crippen LogP contribution in [-0.2, 0) is 0 Å². The van der Waals surface area contributed by atoms with Gasteiger partial charge in [-0.1, -0.05) is 24.1 Å². The molecule has 0 aliphatic carbocycles. The Bertz CT molecular complexity index is 565. The number of hydrogen-bond acceptors (Lipinski definition) is 2. The maximum absolute atomic E-state index is 11.8. The lowest BCUT2D eigenvalue weighted by molar-refractivity contribution is 0.0944. The second-order valence-corrected chi connectivity index (χ2v) is 3.48. The third-order valence-corrected chi connectivity index (χ3v) is 2.28. The highest BCUT2D eigenvalue weighted by atomic mass is 16.2. The number of benzene rings is 1. The van der Waals surface area contributed by atoms with Crippen molar-refractivity contribution in [3.63, 3.8) is 0 Å². The summed E-state index contributed by atoms with van der Waals surface area (Å²) in [6, 6.07) is 7.15. The summed E-state index contributed by atoms with van der Waals surface area (Å²) < 4.78 is 0. The van der Waals surface area contributed by atoms with Gasteiger partial charge in [0.05, 0.1) is 11.6 Å². The highest BCUT2D eigenvalue weighted by Gasteiger charge is 2.14. The van der Waals surface area contributed by atoms with Gasteiger partial charge in [0.2, 0.25) is 0 Å². The average Bonchev–Trinajstić information content (AvgIpc) is 2.72. The first-order chi connectivity index (χ1) is 7.72. The van der Waals surface area contributed by atoms with E-state index in [9.17, 15) is 4.79 Å². The number of nitrogens with zero attached hydrogens (tertiary/aromatic N) is 1. The summed E-state index contributed by atoms with van der Waals surface area (Å²) in [5, 5.41) is 10.2. The fourth-order valence-corrected chi connectivity index (χ4v) is 1.44. The average molecular weight is 213 g/mol. The van der Waals surface area contributed by atoms with E-state index in [0.717, 1.165) is 10.9 Å². The van der Waals surface area contributed by atoms with Crippen molar-refractivity contribution in [2.75, 3.05) is 0 Å². The van der Waals surface area contributed by atoms with Crippen LogP contribution >= 0.6 is 0 Å². The summed E-state index contributed by atoms with van der Waals surface area (Å²) in [6.45, 7) is 1.74. The Balaban J connectivity index is 2.34. The molecule has 1 unspecified atom stereocenters. The van der Waals surface area contributed by atoms with Crippen LogP contribution in [0.2, 0.25) is 0 Å². The topological polar surface area (TPSA) is 57.8 Å². The summed E-state index contributed by atoms with van der Waals surface area (Å²) >= 11 is 0. The minimum atomic E-state index is -0.303. The molecule has 0 spiro atoms. The van der Waals surface area contributed by atoms with Crippen molar-refractivity contribution in [3.8, 4) is 12.3 Å². The third kappa shape index (κ3) is 1.75. The molecule has 2 rings (SSSR count). The van der Waals surface area contributed by atoms with Crippen molar-refractivity contribution >= 4 is 16.8 Å². The second-order valence-electron chi connectivity index (χ2n) is 3.48. The molecule has 1 atom stereocenters. The molecule has 0 saturated heterocycles. The predicted octanol–water partition coefficient (Wildman–Crippen LogP) is 1.31. The Morgan fingerprint density at radius 2 is 2.31 bits per heavy atom. The van der Waals surface area contributed by atoms with Crippen LogP contribution in [-0.4, -0.2) is 22.1 Å². The number of nitrogens with one attached hydrogen (secondary N) is 2. The van der Waals surface area contributed by atoms with Gasteiger partial charge in [0, 0.05) is 5.39 Å². The zero-order valence-electron chi connectivity index (χ0n) is 8.82. The highest BCUT2D eigenvalue weighted by Crippen LogP contribution is 2.14. The van der Waals surface area contributed by atoms with E-state index in [1.807, 2.05) is 24.3 Å². The van der Waals surface area contributed by atoms with Gasteiger partial charge in [0.25, 0.3) is 5.91 Å². The minimum Gasteiger partial charge on any atom is -0.337 e. The van der Waals surface area contributed by atoms with E-state index in [-0.39, 0.29) is 11.9 Å². The SMILES string of the molecule is C#CC(C)NC(=O)c1n[nH]c2ccccc12. The van der Waals surface area contributed by atoms with Crippen LogP contribution in [0.3, 0.4) is 0 Å². The molecule has 0 aliphatic heterocycles. The fraction of sp³-hybridized carbons (Fsp3) is 0.167. The molecule has 0 fully saturated rings. The van der Waals surface area contributed by atoms with Gasteiger partial charge in [-0.25, -0.2) is 0 Å². The molecule has 1 amide bonds. The van der Waals surface area contributed by atoms with Crippen LogP contribution in [0, 0.1) is 12.3 Å². The molecule has 0 radical (unpaired) electrons. The van der Waals surface area contributed by atoms with Gasteiger partial charge in [-0.15, -0.1) is 6.42 Å². The number of aromatic amines is 1. The molecular weight excluding hydrogens is 202 g/mol. The molecule has 1 aromatic heterocycles. The molecule has 16 heavy (non-hydrogen) atoms. The van der Waals surface area contributed by atoms with Crippen LogP contribution in [0.5, 0.6) is 0 Å². The van der Waals surface area contributed by atoms with Gasteiger partial charge in [0.1, 0.15) is 0 Å². The number of hydrogen-bond donors (Lipinski definition) is 2. The quantitative estimate of drug-likeness (QED) is 0.739. The number of carbonyl (C=O) groups excluding carboxylic acids is 1. The summed E-state index contributed by atoms with van der Waals surface area (Å²) in [4.78, 5) is 11.8. The standard InChI is InChI=1S/C12H11N3O/c1-3-8(2)13-12(16)11-9-6-4-5-7-10(9)14-15-11/h1,4-8H,2H3,(H,13,16)(H,14,15). The predicted molar refractivity (Wildman–Crippen MR) is 61.9 cm³/mol. The Hall–Kier alpha value is -2.28. The van der Waals surface area contributed by atoms with E-state index in [2.05, 4.69) is 21.4 Å². The Morgan fingerprint density at radius 3 is 3.06 bits per heavy atom. The molecule has 0 bridgehead atoms. The van der Waals surface area contributed by atoms with E-state index in [1.54, 1.807) is 6.92 Å². The minimum absolute atomic E-state index is 0.261. The molecule has 2 aromatic rings. The zero-order valence-corrected chi connectivity index (χ0v) is 8.82. The van der Waals surface area contributed by atoms with Gasteiger partial charge in [0.15, 0.2) is 5.69 Å². The number of H-pyrrole nitrogens is 1. The summed E-state index contributed by atoms with van der Waals surface area (Å²) in [7, 11) is 0. The van der Waals surface area contributed by atoms with Gasteiger partial charge in [-0.3, -0.25) is 9.89 Å². The maximum atomic E-state index is 11.8. The Labute approximate surface area is 93.0 Å². The zero-order chi connectivity index (χ0) is 11.5. The van der Waals surface area contributed by atoms with E-state index in [0.29, 0.717) is 5.69 Å². The molecule has 1 heterocycles. The Morgan fingerprint density at radius 1 is 1.56 bits per heavy atom. The van der Waals surface area contributed by atoms with Gasteiger partial charge >= 0.3 is 0 Å².